The highest BCUT2D eigenvalue weighted by atomic mass is 16.7. The minimum Gasteiger partial charge on any atom is -0.484 e. The standard InChI is InChI=1S/C58H62O10/c1-2-3-4-5-6-22-35-61-55-52(62-38-44-25-14-8-15-26-44)49-34-33-48(36-50(49)67-57(55)59)66-58-56(65-41-47-31-20-11-21-32-47)54(64-40-46-29-18-10-19-30-46)53(63-39-45-27-16-9-17-28-45)51(68-58)42-60-37-43-23-12-7-13-24-43/h7-21,23-34,36,51,53-54,56,58H,2-6,22,35,37-42H2,1H3/t51-,53-,54+,56-,58-/m1/s1. The van der Waals surface area contributed by atoms with Crippen LogP contribution in [0.1, 0.15) is 73.3 Å². The highest BCUT2D eigenvalue weighted by molar-refractivity contribution is 5.86. The Kier molecular flexibility index (Phi) is 18.3. The van der Waals surface area contributed by atoms with E-state index in [4.69, 9.17) is 42.3 Å². The molecule has 2 heterocycles. The Balaban J connectivity index is 1.12. The fraction of sp³-hybridized carbons (Fsp3) is 0.328. The van der Waals surface area contributed by atoms with Crippen molar-refractivity contribution in [3.63, 3.8) is 0 Å². The lowest BCUT2D eigenvalue weighted by molar-refractivity contribution is -0.310. The number of ether oxygens (including phenoxy) is 8. The lowest BCUT2D eigenvalue weighted by Crippen LogP contribution is -2.62. The van der Waals surface area contributed by atoms with Crippen molar-refractivity contribution in [2.45, 2.75) is 109 Å². The first-order valence-electron chi connectivity index (χ1n) is 23.9. The first kappa shape index (κ1) is 48.2. The average Bonchev–Trinajstić information content (AvgIpc) is 3.38. The van der Waals surface area contributed by atoms with Crippen molar-refractivity contribution < 1.29 is 42.3 Å². The lowest BCUT2D eigenvalue weighted by Gasteiger charge is -2.45. The summed E-state index contributed by atoms with van der Waals surface area (Å²) < 4.78 is 59.4. The third-order valence-electron chi connectivity index (χ3n) is 11.9. The second-order valence-corrected chi connectivity index (χ2v) is 17.0. The van der Waals surface area contributed by atoms with Gasteiger partial charge in [-0.1, -0.05) is 191 Å². The summed E-state index contributed by atoms with van der Waals surface area (Å²) in [5, 5.41) is 0.568. The second kappa shape index (κ2) is 25.7. The van der Waals surface area contributed by atoms with Crippen molar-refractivity contribution in [2.24, 2.45) is 0 Å². The van der Waals surface area contributed by atoms with E-state index < -0.39 is 36.3 Å². The fourth-order valence-corrected chi connectivity index (χ4v) is 8.24. The van der Waals surface area contributed by atoms with Gasteiger partial charge in [-0.05, 0) is 46.4 Å². The molecule has 10 heteroatoms. The van der Waals surface area contributed by atoms with Gasteiger partial charge in [0.1, 0.15) is 42.4 Å². The SMILES string of the molecule is CCCCCCCCOc1c(OCc2ccccc2)c2ccc(O[C@@H]3O[C@H](COCc4ccccc4)[C@@H](OCc4ccccc4)[C@H](OCc4ccccc4)[C@H]3OCc3ccccc3)cc2oc1=O. The largest absolute Gasteiger partial charge is 0.484 e. The van der Waals surface area contributed by atoms with Crippen LogP contribution in [0.25, 0.3) is 11.0 Å². The number of benzene rings is 6. The van der Waals surface area contributed by atoms with Gasteiger partial charge in [-0.25, -0.2) is 4.79 Å². The highest BCUT2D eigenvalue weighted by Crippen LogP contribution is 2.37. The Morgan fingerprint density at radius 2 is 0.985 bits per heavy atom. The number of unbranched alkanes of at least 4 members (excludes halogenated alkanes) is 5. The van der Waals surface area contributed by atoms with Crippen molar-refractivity contribution in [2.75, 3.05) is 13.2 Å². The van der Waals surface area contributed by atoms with E-state index in [0.29, 0.717) is 36.7 Å². The molecule has 6 aromatic carbocycles. The minimum atomic E-state index is -1.03. The molecule has 0 bridgehead atoms. The lowest BCUT2D eigenvalue weighted by atomic mass is 9.97. The summed E-state index contributed by atoms with van der Waals surface area (Å²) in [5.41, 5.74) is 4.56. The Morgan fingerprint density at radius 1 is 0.485 bits per heavy atom. The van der Waals surface area contributed by atoms with Crippen LogP contribution >= 0.6 is 0 Å². The molecule has 1 saturated heterocycles. The molecule has 0 unspecified atom stereocenters. The summed E-state index contributed by atoms with van der Waals surface area (Å²) in [6.45, 7) is 4.16. The molecule has 0 saturated carbocycles. The predicted molar refractivity (Wildman–Crippen MR) is 263 cm³/mol. The molecule has 1 aromatic heterocycles. The molecular weight excluding hydrogens is 857 g/mol. The van der Waals surface area contributed by atoms with Gasteiger partial charge >= 0.3 is 5.63 Å². The van der Waals surface area contributed by atoms with Crippen LogP contribution in [0.5, 0.6) is 17.2 Å². The van der Waals surface area contributed by atoms with Crippen LogP contribution in [0.2, 0.25) is 0 Å². The maximum absolute atomic E-state index is 13.8. The van der Waals surface area contributed by atoms with E-state index in [1.165, 1.54) is 19.3 Å². The van der Waals surface area contributed by atoms with Gasteiger partial charge in [0, 0.05) is 6.07 Å². The van der Waals surface area contributed by atoms with E-state index >= 15 is 0 Å². The molecule has 0 spiro atoms. The van der Waals surface area contributed by atoms with Crippen LogP contribution < -0.4 is 19.8 Å². The van der Waals surface area contributed by atoms with Gasteiger partial charge in [0.2, 0.25) is 12.0 Å². The molecule has 1 aliphatic rings. The molecule has 5 atom stereocenters. The Morgan fingerprint density at radius 3 is 1.56 bits per heavy atom. The minimum absolute atomic E-state index is 0.0546. The summed E-state index contributed by atoms with van der Waals surface area (Å²) in [4.78, 5) is 13.8. The summed E-state index contributed by atoms with van der Waals surface area (Å²) in [7, 11) is 0. The number of fused-ring (bicyclic) bond motifs is 1. The van der Waals surface area contributed by atoms with Gasteiger partial charge in [-0.2, -0.15) is 0 Å². The van der Waals surface area contributed by atoms with Crippen LogP contribution in [0.4, 0.5) is 0 Å². The van der Waals surface area contributed by atoms with Crippen LogP contribution in [-0.4, -0.2) is 43.9 Å². The van der Waals surface area contributed by atoms with Gasteiger partial charge in [-0.15, -0.1) is 0 Å². The molecule has 354 valence electrons. The van der Waals surface area contributed by atoms with Gasteiger partial charge < -0.3 is 42.3 Å². The third kappa shape index (κ3) is 13.9. The number of hydrogen-bond acceptors (Lipinski definition) is 10. The summed E-state index contributed by atoms with van der Waals surface area (Å²) in [6.07, 6.45) is 2.67. The Hall–Kier alpha value is -6.27. The summed E-state index contributed by atoms with van der Waals surface area (Å²) >= 11 is 0. The Labute approximate surface area is 399 Å². The predicted octanol–water partition coefficient (Wildman–Crippen LogP) is 12.2. The van der Waals surface area contributed by atoms with E-state index in [1.54, 1.807) is 6.07 Å². The van der Waals surface area contributed by atoms with E-state index in [1.807, 2.05) is 164 Å². The average molecular weight is 919 g/mol. The quantitative estimate of drug-likeness (QED) is 0.0385. The smallest absolute Gasteiger partial charge is 0.383 e. The van der Waals surface area contributed by atoms with E-state index in [-0.39, 0.29) is 37.8 Å². The summed E-state index contributed by atoms with van der Waals surface area (Å²) in [6, 6.07) is 55.1. The van der Waals surface area contributed by atoms with Gasteiger partial charge in [0.25, 0.3) is 0 Å². The third-order valence-corrected chi connectivity index (χ3v) is 11.9. The molecular formula is C58H62O10. The first-order chi connectivity index (χ1) is 33.6. The highest BCUT2D eigenvalue weighted by Gasteiger charge is 2.50. The maximum Gasteiger partial charge on any atom is 0.383 e. The molecule has 8 rings (SSSR count). The topological polar surface area (TPSA) is 104 Å². The van der Waals surface area contributed by atoms with Gasteiger partial charge in [-0.3, -0.25) is 0 Å². The summed E-state index contributed by atoms with van der Waals surface area (Å²) in [5.74, 6) is 0.751. The zero-order chi connectivity index (χ0) is 46.6. The Bertz CT molecular complexity index is 2570. The number of rotatable bonds is 26. The second-order valence-electron chi connectivity index (χ2n) is 17.0. The van der Waals surface area contributed by atoms with E-state index in [2.05, 4.69) is 6.92 Å². The van der Waals surface area contributed by atoms with Crippen molar-refractivity contribution in [3.8, 4) is 17.2 Å². The molecule has 0 radical (unpaired) electrons. The molecule has 10 nitrogen and oxygen atoms in total. The van der Waals surface area contributed by atoms with Crippen molar-refractivity contribution in [1.29, 1.82) is 0 Å². The van der Waals surface area contributed by atoms with Crippen LogP contribution in [0.15, 0.2) is 179 Å². The molecule has 0 aliphatic carbocycles. The monoisotopic (exact) mass is 918 g/mol. The molecule has 0 amide bonds. The maximum atomic E-state index is 13.8. The van der Waals surface area contributed by atoms with Crippen LogP contribution in [0.3, 0.4) is 0 Å². The molecule has 1 fully saturated rings. The zero-order valence-corrected chi connectivity index (χ0v) is 38.8. The first-order valence-corrected chi connectivity index (χ1v) is 23.9. The van der Waals surface area contributed by atoms with Crippen molar-refractivity contribution in [1.82, 2.24) is 0 Å². The number of hydrogen-bond donors (Lipinski definition) is 0. The van der Waals surface area contributed by atoms with E-state index in [0.717, 1.165) is 47.1 Å². The van der Waals surface area contributed by atoms with Crippen molar-refractivity contribution >= 4 is 11.0 Å². The molecule has 0 N–H and O–H groups in total. The van der Waals surface area contributed by atoms with E-state index in [9.17, 15) is 4.79 Å². The van der Waals surface area contributed by atoms with Gasteiger partial charge in [0.15, 0.2) is 5.75 Å². The van der Waals surface area contributed by atoms with Crippen LogP contribution in [0, 0.1) is 0 Å². The fourth-order valence-electron chi connectivity index (χ4n) is 8.24. The normalized spacial score (nSPS) is 18.0. The van der Waals surface area contributed by atoms with Gasteiger partial charge in [0.05, 0.1) is 45.0 Å². The molecule has 1 aliphatic heterocycles. The molecule has 68 heavy (non-hydrogen) atoms. The van der Waals surface area contributed by atoms with Crippen molar-refractivity contribution in [3.05, 3.63) is 208 Å². The molecule has 7 aromatic rings. The van der Waals surface area contributed by atoms with Crippen LogP contribution in [-0.2, 0) is 56.7 Å². The zero-order valence-electron chi connectivity index (χ0n) is 38.8.